The van der Waals surface area contributed by atoms with Gasteiger partial charge in [0.2, 0.25) is 0 Å². The fourth-order valence-electron chi connectivity index (χ4n) is 2.26. The molecule has 1 aromatic heterocycles. The summed E-state index contributed by atoms with van der Waals surface area (Å²) in [6, 6.07) is 1.16. The van der Waals surface area contributed by atoms with Crippen molar-refractivity contribution in [2.45, 2.75) is 19.8 Å². The summed E-state index contributed by atoms with van der Waals surface area (Å²) in [6.07, 6.45) is 2.65. The van der Waals surface area contributed by atoms with Crippen LogP contribution in [0.1, 0.15) is 30.3 Å². The normalized spacial score (nSPS) is 18.6. The predicted molar refractivity (Wildman–Crippen MR) is 70.1 cm³/mol. The van der Waals surface area contributed by atoms with E-state index in [-0.39, 0.29) is 29.0 Å². The summed E-state index contributed by atoms with van der Waals surface area (Å²) in [6.45, 7) is 2.96. The van der Waals surface area contributed by atoms with Crippen LogP contribution in [0.15, 0.2) is 17.2 Å². The number of hydrogen-bond acceptors (Lipinski definition) is 5. The van der Waals surface area contributed by atoms with Gasteiger partial charge < -0.3 is 14.6 Å². The molecule has 0 saturated carbocycles. The Balaban J connectivity index is 2.07. The Morgan fingerprint density at radius 1 is 1.55 bits per heavy atom. The number of H-pyrrole nitrogens is 1. The Kier molecular flexibility index (Phi) is 4.49. The highest BCUT2D eigenvalue weighted by Gasteiger charge is 2.30. The number of aromatic amines is 1. The lowest BCUT2D eigenvalue weighted by Gasteiger charge is -2.31. The number of esters is 1. The molecule has 1 atom stereocenters. The van der Waals surface area contributed by atoms with E-state index in [1.165, 1.54) is 6.33 Å². The number of ether oxygens (including phenoxy) is 1. The van der Waals surface area contributed by atoms with E-state index in [1.54, 1.807) is 11.8 Å². The van der Waals surface area contributed by atoms with Crippen LogP contribution in [0.3, 0.4) is 0 Å². The van der Waals surface area contributed by atoms with Gasteiger partial charge in [-0.25, -0.2) is 4.98 Å². The van der Waals surface area contributed by atoms with Gasteiger partial charge in [-0.2, -0.15) is 0 Å². The van der Waals surface area contributed by atoms with Gasteiger partial charge in [0, 0.05) is 19.2 Å². The van der Waals surface area contributed by atoms with E-state index in [0.29, 0.717) is 26.1 Å². The number of aromatic nitrogens is 2. The van der Waals surface area contributed by atoms with Gasteiger partial charge in [-0.1, -0.05) is 0 Å². The van der Waals surface area contributed by atoms with E-state index >= 15 is 0 Å². The van der Waals surface area contributed by atoms with Gasteiger partial charge in [-0.15, -0.1) is 0 Å². The van der Waals surface area contributed by atoms with Gasteiger partial charge in [0.25, 0.3) is 11.5 Å². The maximum Gasteiger partial charge on any atom is 0.310 e. The molecule has 108 valence electrons. The van der Waals surface area contributed by atoms with Crippen LogP contribution in [-0.2, 0) is 9.53 Å². The Morgan fingerprint density at radius 3 is 3.05 bits per heavy atom. The van der Waals surface area contributed by atoms with Gasteiger partial charge in [-0.05, 0) is 19.8 Å². The van der Waals surface area contributed by atoms with Crippen LogP contribution in [0.5, 0.6) is 0 Å². The summed E-state index contributed by atoms with van der Waals surface area (Å²) in [5, 5.41) is 0. The first-order chi connectivity index (χ1) is 9.61. The molecule has 0 aliphatic carbocycles. The maximum absolute atomic E-state index is 12.2. The lowest BCUT2D eigenvalue weighted by Crippen LogP contribution is -2.43. The molecule has 1 fully saturated rings. The van der Waals surface area contributed by atoms with Crippen LogP contribution in [0.25, 0.3) is 0 Å². The number of nitrogens with zero attached hydrogens (tertiary/aromatic N) is 2. The van der Waals surface area contributed by atoms with E-state index < -0.39 is 0 Å². The highest BCUT2D eigenvalue weighted by Crippen LogP contribution is 2.19. The summed E-state index contributed by atoms with van der Waals surface area (Å²) >= 11 is 0. The van der Waals surface area contributed by atoms with E-state index in [4.69, 9.17) is 4.74 Å². The summed E-state index contributed by atoms with van der Waals surface area (Å²) in [7, 11) is 0. The Hall–Kier alpha value is -2.18. The molecule has 0 spiro atoms. The number of hydrogen-bond donors (Lipinski definition) is 1. The molecule has 0 radical (unpaired) electrons. The van der Waals surface area contributed by atoms with Gasteiger partial charge in [-0.3, -0.25) is 14.4 Å². The van der Waals surface area contributed by atoms with Crippen molar-refractivity contribution in [1.29, 1.82) is 0 Å². The third-order valence-corrected chi connectivity index (χ3v) is 3.23. The van der Waals surface area contributed by atoms with Crippen LogP contribution >= 0.6 is 0 Å². The monoisotopic (exact) mass is 279 g/mol. The largest absolute Gasteiger partial charge is 0.466 e. The third kappa shape index (κ3) is 3.23. The molecule has 1 unspecified atom stereocenters. The standard InChI is InChI=1S/C13H17N3O4/c1-2-20-13(19)9-4-3-5-16(7-9)12(18)10-6-11(17)15-8-14-10/h6,8-9H,2-5,7H2,1H3,(H,14,15,17). The molecular formula is C13H17N3O4. The molecule has 7 nitrogen and oxygen atoms in total. The molecule has 20 heavy (non-hydrogen) atoms. The van der Waals surface area contributed by atoms with Gasteiger partial charge in [0.15, 0.2) is 0 Å². The lowest BCUT2D eigenvalue weighted by atomic mass is 9.98. The second-order valence-corrected chi connectivity index (χ2v) is 4.64. The van der Waals surface area contributed by atoms with Crippen LogP contribution in [0, 0.1) is 5.92 Å². The van der Waals surface area contributed by atoms with Crippen LogP contribution in [0.2, 0.25) is 0 Å². The highest BCUT2D eigenvalue weighted by molar-refractivity contribution is 5.92. The van der Waals surface area contributed by atoms with Crippen molar-refractivity contribution >= 4 is 11.9 Å². The number of amides is 1. The number of piperidine rings is 1. The fraction of sp³-hybridized carbons (Fsp3) is 0.538. The van der Waals surface area contributed by atoms with Crippen molar-refractivity contribution in [3.05, 3.63) is 28.4 Å². The summed E-state index contributed by atoms with van der Waals surface area (Å²) < 4.78 is 4.99. The van der Waals surface area contributed by atoms with Crippen molar-refractivity contribution in [3.8, 4) is 0 Å². The molecule has 0 aromatic carbocycles. The van der Waals surface area contributed by atoms with Gasteiger partial charge >= 0.3 is 5.97 Å². The highest BCUT2D eigenvalue weighted by atomic mass is 16.5. The molecule has 1 aliphatic heterocycles. The first kappa shape index (κ1) is 14.2. The second-order valence-electron chi connectivity index (χ2n) is 4.64. The Bertz CT molecular complexity index is 555. The van der Waals surface area contributed by atoms with Gasteiger partial charge in [0.05, 0.1) is 18.9 Å². The van der Waals surface area contributed by atoms with E-state index in [2.05, 4.69) is 9.97 Å². The fourth-order valence-corrected chi connectivity index (χ4v) is 2.26. The third-order valence-electron chi connectivity index (χ3n) is 3.23. The first-order valence-corrected chi connectivity index (χ1v) is 6.62. The Labute approximate surface area is 116 Å². The number of likely N-dealkylation sites (tertiary alicyclic amines) is 1. The zero-order valence-electron chi connectivity index (χ0n) is 11.3. The minimum atomic E-state index is -0.373. The molecule has 0 bridgehead atoms. The SMILES string of the molecule is CCOC(=O)C1CCCN(C(=O)c2cc(=O)[nH]cn2)C1. The van der Waals surface area contributed by atoms with Crippen LogP contribution in [-0.4, -0.2) is 46.4 Å². The Morgan fingerprint density at radius 2 is 2.35 bits per heavy atom. The van der Waals surface area contributed by atoms with E-state index in [0.717, 1.165) is 12.5 Å². The number of nitrogens with one attached hydrogen (secondary N) is 1. The summed E-state index contributed by atoms with van der Waals surface area (Å²) in [5.74, 6) is -0.899. The van der Waals surface area contributed by atoms with E-state index in [9.17, 15) is 14.4 Å². The average Bonchev–Trinajstić information content (AvgIpc) is 2.47. The predicted octanol–water partition coefficient (Wildman–Crippen LogP) is 0.185. The number of rotatable bonds is 3. The zero-order chi connectivity index (χ0) is 14.5. The maximum atomic E-state index is 12.2. The number of carbonyl (C=O) groups excluding carboxylic acids is 2. The molecule has 1 amide bonds. The van der Waals surface area contributed by atoms with Gasteiger partial charge in [0.1, 0.15) is 5.69 Å². The van der Waals surface area contributed by atoms with Crippen LogP contribution < -0.4 is 5.56 Å². The minimum absolute atomic E-state index is 0.0956. The topological polar surface area (TPSA) is 92.4 Å². The number of carbonyl (C=O) groups is 2. The average molecular weight is 279 g/mol. The minimum Gasteiger partial charge on any atom is -0.466 e. The molecule has 2 rings (SSSR count). The summed E-state index contributed by atoms with van der Waals surface area (Å²) in [5.41, 5.74) is -0.277. The molecule has 1 aromatic rings. The first-order valence-electron chi connectivity index (χ1n) is 6.62. The molecule has 2 heterocycles. The molecule has 7 heteroatoms. The quantitative estimate of drug-likeness (QED) is 0.797. The van der Waals surface area contributed by atoms with Crippen LogP contribution in [0.4, 0.5) is 0 Å². The molecule has 1 aliphatic rings. The van der Waals surface area contributed by atoms with Crippen molar-refractivity contribution in [1.82, 2.24) is 14.9 Å². The zero-order valence-corrected chi connectivity index (χ0v) is 11.3. The molecular weight excluding hydrogens is 262 g/mol. The molecule has 1 N–H and O–H groups in total. The lowest BCUT2D eigenvalue weighted by molar-refractivity contribution is -0.149. The smallest absolute Gasteiger partial charge is 0.310 e. The van der Waals surface area contributed by atoms with Crippen molar-refractivity contribution in [2.75, 3.05) is 19.7 Å². The van der Waals surface area contributed by atoms with E-state index in [1.807, 2.05) is 0 Å². The summed E-state index contributed by atoms with van der Waals surface area (Å²) in [4.78, 5) is 42.9. The van der Waals surface area contributed by atoms with Crippen molar-refractivity contribution < 1.29 is 14.3 Å². The van der Waals surface area contributed by atoms with Crippen molar-refractivity contribution in [3.63, 3.8) is 0 Å². The second kappa shape index (κ2) is 6.31. The van der Waals surface area contributed by atoms with Crippen molar-refractivity contribution in [2.24, 2.45) is 5.92 Å². The molecule has 1 saturated heterocycles.